The molecule has 0 bridgehead atoms. The lowest BCUT2D eigenvalue weighted by Crippen LogP contribution is -2.53. The van der Waals surface area contributed by atoms with Crippen LogP contribution in [0.2, 0.25) is 0 Å². The van der Waals surface area contributed by atoms with Crippen LogP contribution in [0.15, 0.2) is 18.2 Å². The van der Waals surface area contributed by atoms with Crippen LogP contribution in [-0.2, 0) is 6.54 Å². The summed E-state index contributed by atoms with van der Waals surface area (Å²) < 4.78 is 0. The van der Waals surface area contributed by atoms with Crippen molar-refractivity contribution >= 4 is 5.97 Å². The van der Waals surface area contributed by atoms with Gasteiger partial charge in [-0.05, 0) is 32.9 Å². The van der Waals surface area contributed by atoms with Gasteiger partial charge in [0, 0.05) is 38.3 Å². The van der Waals surface area contributed by atoms with E-state index < -0.39 is 5.97 Å². The molecule has 5 heteroatoms. The zero-order chi connectivity index (χ0) is 14.8. The fourth-order valence-corrected chi connectivity index (χ4v) is 2.49. The first-order chi connectivity index (χ1) is 9.36. The van der Waals surface area contributed by atoms with Gasteiger partial charge in [0.05, 0.1) is 5.69 Å². The van der Waals surface area contributed by atoms with E-state index >= 15 is 0 Å². The van der Waals surface area contributed by atoms with E-state index in [1.54, 1.807) is 6.07 Å². The number of carboxylic acids is 1. The van der Waals surface area contributed by atoms with Crippen molar-refractivity contribution in [3.63, 3.8) is 0 Å². The van der Waals surface area contributed by atoms with E-state index in [-0.39, 0.29) is 11.2 Å². The molecule has 0 atom stereocenters. The zero-order valence-electron chi connectivity index (χ0n) is 12.5. The van der Waals surface area contributed by atoms with Crippen molar-refractivity contribution in [3.8, 4) is 0 Å². The monoisotopic (exact) mass is 277 g/mol. The van der Waals surface area contributed by atoms with Gasteiger partial charge in [0.2, 0.25) is 0 Å². The maximum atomic E-state index is 10.9. The molecule has 0 saturated carbocycles. The van der Waals surface area contributed by atoms with Crippen molar-refractivity contribution in [1.29, 1.82) is 0 Å². The predicted octanol–water partition coefficient (Wildman–Crippen LogP) is 1.70. The van der Waals surface area contributed by atoms with Crippen molar-refractivity contribution in [2.45, 2.75) is 32.9 Å². The molecule has 1 aromatic rings. The molecule has 0 aliphatic carbocycles. The Hall–Kier alpha value is -1.46. The minimum Gasteiger partial charge on any atom is -0.477 e. The first-order valence-corrected chi connectivity index (χ1v) is 7.03. The molecule has 1 N–H and O–H groups in total. The number of carboxylic acid groups (broad SMARTS) is 1. The van der Waals surface area contributed by atoms with E-state index in [1.165, 1.54) is 6.07 Å². The highest BCUT2D eigenvalue weighted by Gasteiger charge is 2.25. The van der Waals surface area contributed by atoms with E-state index in [0.29, 0.717) is 0 Å². The van der Waals surface area contributed by atoms with Gasteiger partial charge >= 0.3 is 5.97 Å². The zero-order valence-corrected chi connectivity index (χ0v) is 12.5. The Balaban J connectivity index is 1.93. The number of hydrogen-bond acceptors (Lipinski definition) is 4. The largest absolute Gasteiger partial charge is 0.477 e. The molecule has 0 spiro atoms. The molecule has 1 fully saturated rings. The molecule has 2 rings (SSSR count). The summed E-state index contributed by atoms with van der Waals surface area (Å²) >= 11 is 0. The van der Waals surface area contributed by atoms with Crippen molar-refractivity contribution in [2.24, 2.45) is 0 Å². The van der Waals surface area contributed by atoms with Crippen LogP contribution < -0.4 is 0 Å². The lowest BCUT2D eigenvalue weighted by atomic mass is 10.0. The SMILES string of the molecule is CC(C)(C)N1CCN(Cc2cccc(C(=O)O)n2)CC1. The van der Waals surface area contributed by atoms with Gasteiger partial charge < -0.3 is 5.11 Å². The molecule has 2 heterocycles. The van der Waals surface area contributed by atoms with Gasteiger partial charge in [-0.15, -0.1) is 0 Å². The Bertz CT molecular complexity index is 474. The number of aromatic carboxylic acids is 1. The van der Waals surface area contributed by atoms with Crippen LogP contribution in [0.25, 0.3) is 0 Å². The third-order valence-electron chi connectivity index (χ3n) is 3.73. The highest BCUT2D eigenvalue weighted by molar-refractivity contribution is 5.85. The Kier molecular flexibility index (Phi) is 4.40. The van der Waals surface area contributed by atoms with Crippen LogP contribution in [0.5, 0.6) is 0 Å². The summed E-state index contributed by atoms with van der Waals surface area (Å²) in [5.74, 6) is -0.968. The van der Waals surface area contributed by atoms with Gasteiger partial charge in [-0.1, -0.05) is 6.07 Å². The molecular formula is C15H23N3O2. The summed E-state index contributed by atoms with van der Waals surface area (Å²) in [6.45, 7) is 11.5. The molecule has 1 aliphatic heterocycles. The van der Waals surface area contributed by atoms with Gasteiger partial charge in [-0.3, -0.25) is 9.80 Å². The standard InChI is InChI=1S/C15H23N3O2/c1-15(2,3)18-9-7-17(8-10-18)11-12-5-4-6-13(16-12)14(19)20/h4-6H,7-11H2,1-3H3,(H,19,20). The van der Waals surface area contributed by atoms with Gasteiger partial charge in [-0.2, -0.15) is 0 Å². The quantitative estimate of drug-likeness (QED) is 0.911. The number of hydrogen-bond donors (Lipinski definition) is 1. The lowest BCUT2D eigenvalue weighted by Gasteiger charge is -2.42. The first-order valence-electron chi connectivity index (χ1n) is 7.03. The summed E-state index contributed by atoms with van der Waals surface area (Å²) in [4.78, 5) is 19.9. The van der Waals surface area contributed by atoms with E-state index in [2.05, 4.69) is 35.6 Å². The Labute approximate surface area is 120 Å². The second-order valence-corrected chi connectivity index (χ2v) is 6.25. The fourth-order valence-electron chi connectivity index (χ4n) is 2.49. The van der Waals surface area contributed by atoms with Gasteiger partial charge in [0.15, 0.2) is 0 Å². The molecule has 1 aromatic heterocycles. The highest BCUT2D eigenvalue weighted by Crippen LogP contribution is 2.16. The van der Waals surface area contributed by atoms with Crippen molar-refractivity contribution in [1.82, 2.24) is 14.8 Å². The molecule has 5 nitrogen and oxygen atoms in total. The molecule has 0 amide bonds. The van der Waals surface area contributed by atoms with E-state index in [4.69, 9.17) is 5.11 Å². The molecular weight excluding hydrogens is 254 g/mol. The van der Waals surface area contributed by atoms with Crippen molar-refractivity contribution in [3.05, 3.63) is 29.6 Å². The van der Waals surface area contributed by atoms with E-state index in [0.717, 1.165) is 38.4 Å². The number of nitrogens with zero attached hydrogens (tertiary/aromatic N) is 3. The molecule has 1 saturated heterocycles. The Morgan fingerprint density at radius 3 is 2.45 bits per heavy atom. The second kappa shape index (κ2) is 5.89. The normalized spacial score (nSPS) is 18.1. The number of aromatic nitrogens is 1. The van der Waals surface area contributed by atoms with Crippen molar-refractivity contribution in [2.75, 3.05) is 26.2 Å². The molecule has 0 unspecified atom stereocenters. The molecule has 110 valence electrons. The third kappa shape index (κ3) is 3.77. The van der Waals surface area contributed by atoms with E-state index in [9.17, 15) is 4.79 Å². The number of carbonyl (C=O) groups is 1. The minimum atomic E-state index is -0.968. The second-order valence-electron chi connectivity index (χ2n) is 6.25. The average molecular weight is 277 g/mol. The highest BCUT2D eigenvalue weighted by atomic mass is 16.4. The fraction of sp³-hybridized carbons (Fsp3) is 0.600. The maximum absolute atomic E-state index is 10.9. The van der Waals surface area contributed by atoms with E-state index in [1.807, 2.05) is 6.07 Å². The Morgan fingerprint density at radius 2 is 1.90 bits per heavy atom. The first kappa shape index (κ1) is 14.9. The number of piperazine rings is 1. The molecule has 20 heavy (non-hydrogen) atoms. The summed E-state index contributed by atoms with van der Waals surface area (Å²) in [5.41, 5.74) is 1.16. The average Bonchev–Trinajstić information content (AvgIpc) is 2.38. The predicted molar refractivity (Wildman–Crippen MR) is 77.8 cm³/mol. The minimum absolute atomic E-state index is 0.121. The van der Waals surface area contributed by atoms with Crippen LogP contribution in [0.1, 0.15) is 37.0 Å². The summed E-state index contributed by atoms with van der Waals surface area (Å²) in [5, 5.41) is 8.96. The molecule has 0 aromatic carbocycles. The molecule has 0 radical (unpaired) electrons. The van der Waals surface area contributed by atoms with Crippen LogP contribution in [0.4, 0.5) is 0 Å². The molecule has 1 aliphatic rings. The smallest absolute Gasteiger partial charge is 0.354 e. The third-order valence-corrected chi connectivity index (χ3v) is 3.73. The topological polar surface area (TPSA) is 56.7 Å². The van der Waals surface area contributed by atoms with Crippen LogP contribution in [0.3, 0.4) is 0 Å². The van der Waals surface area contributed by atoms with Gasteiger partial charge in [-0.25, -0.2) is 9.78 Å². The number of pyridine rings is 1. The van der Waals surface area contributed by atoms with Crippen LogP contribution in [-0.4, -0.2) is 57.6 Å². The summed E-state index contributed by atoms with van der Waals surface area (Å²) in [6, 6.07) is 5.18. The van der Waals surface area contributed by atoms with Crippen LogP contribution in [0, 0.1) is 0 Å². The lowest BCUT2D eigenvalue weighted by molar-refractivity contribution is 0.0583. The van der Waals surface area contributed by atoms with Crippen molar-refractivity contribution < 1.29 is 9.90 Å². The van der Waals surface area contributed by atoms with Gasteiger partial charge in [0.1, 0.15) is 5.69 Å². The maximum Gasteiger partial charge on any atom is 0.354 e. The summed E-state index contributed by atoms with van der Waals surface area (Å²) in [6.07, 6.45) is 0. The van der Waals surface area contributed by atoms with Crippen LogP contribution >= 0.6 is 0 Å². The van der Waals surface area contributed by atoms with Gasteiger partial charge in [0.25, 0.3) is 0 Å². The summed E-state index contributed by atoms with van der Waals surface area (Å²) in [7, 11) is 0. The Morgan fingerprint density at radius 1 is 1.25 bits per heavy atom. The number of rotatable bonds is 3.